The first-order valence-corrected chi connectivity index (χ1v) is 4.67. The summed E-state index contributed by atoms with van der Waals surface area (Å²) in [5.74, 6) is 0. The lowest BCUT2D eigenvalue weighted by Crippen LogP contribution is -2.38. The Balaban J connectivity index is 1.86. The molecular weight excluding hydrogens is 115 g/mol. The Labute approximate surface area is 57.0 Å². The highest BCUT2D eigenvalue weighted by molar-refractivity contribution is 6.30. The molecule has 2 N–H and O–H groups in total. The van der Waals surface area contributed by atoms with E-state index in [1.807, 2.05) is 0 Å². The number of hydrogen-bond donors (Lipinski definition) is 1. The molecule has 1 saturated heterocycles. The van der Waals surface area contributed by atoms with Crippen molar-refractivity contribution in [2.45, 2.75) is 11.7 Å². The Hall–Kier alpha value is 0.452. The largest absolute Gasteiger partial charge is 0.420 e. The van der Waals surface area contributed by atoms with Crippen LogP contribution in [0, 0.1) is 0 Å². The zero-order chi connectivity index (χ0) is 5.82. The van der Waals surface area contributed by atoms with Crippen LogP contribution in [0.4, 0.5) is 0 Å². The van der Waals surface area contributed by atoms with E-state index in [9.17, 15) is 0 Å². The highest BCUT2D eigenvalue weighted by Gasteiger charge is 2.11. The lowest BCUT2D eigenvalue weighted by Gasteiger charge is -2.30. The summed E-state index contributed by atoms with van der Waals surface area (Å²) < 4.78 is 5.41. The molecule has 1 rings (SSSR count). The maximum atomic E-state index is 5.41. The zero-order valence-corrected chi connectivity index (χ0v) is 6.29. The van der Waals surface area contributed by atoms with Gasteiger partial charge in [0.05, 0.1) is 0 Å². The minimum atomic E-state index is 0.250. The molecule has 1 aliphatic rings. The lowest BCUT2D eigenvalue weighted by molar-refractivity contribution is 0.192. The van der Waals surface area contributed by atoms with Gasteiger partial charge in [-0.2, -0.15) is 0 Å². The maximum Gasteiger partial charge on any atom is 0.318 e. The lowest BCUT2D eigenvalue weighted by atomic mass is 10.2. The zero-order valence-electron chi connectivity index (χ0n) is 5.14. The van der Waals surface area contributed by atoms with Crippen molar-refractivity contribution in [3.8, 4) is 0 Å². The van der Waals surface area contributed by atoms with Crippen LogP contribution in [-0.2, 0) is 0 Å². The molecule has 1 aliphatic heterocycles. The van der Waals surface area contributed by atoms with E-state index in [0.29, 0.717) is 0 Å². The molecule has 0 bridgehead atoms. The van der Waals surface area contributed by atoms with Crippen LogP contribution in [0.15, 0.2) is 0 Å². The van der Waals surface area contributed by atoms with Crippen LogP contribution in [-0.4, -0.2) is 40.0 Å². The number of likely N-dealkylation sites (tertiary alicyclic amines) is 1. The minimum Gasteiger partial charge on any atom is -0.420 e. The van der Waals surface area contributed by atoms with Gasteiger partial charge in [-0.05, 0) is 26.1 Å². The third-order valence-electron chi connectivity index (χ3n) is 1.56. The third kappa shape index (κ3) is 1.76. The fourth-order valence-electron chi connectivity index (χ4n) is 0.862. The van der Waals surface area contributed by atoms with E-state index in [1.54, 1.807) is 0 Å². The van der Waals surface area contributed by atoms with Crippen LogP contribution >= 0.6 is 0 Å². The second-order valence-electron chi connectivity index (χ2n) is 2.22. The van der Waals surface area contributed by atoms with E-state index in [0.717, 1.165) is 0 Å². The quantitative estimate of drug-likeness (QED) is 0.527. The van der Waals surface area contributed by atoms with Crippen LogP contribution in [0.1, 0.15) is 6.42 Å². The van der Waals surface area contributed by atoms with Crippen LogP contribution in [0.5, 0.6) is 0 Å². The first-order chi connectivity index (χ1) is 3.93. The van der Waals surface area contributed by atoms with E-state index in [2.05, 4.69) is 4.90 Å². The summed E-state index contributed by atoms with van der Waals surface area (Å²) in [5.41, 5.74) is 0. The summed E-state index contributed by atoms with van der Waals surface area (Å²) in [5, 5.41) is 1.25. The van der Waals surface area contributed by atoms with Gasteiger partial charge in [-0.15, -0.1) is 0 Å². The number of rotatable bonds is 3. The molecule has 1 fully saturated rings. The number of nitrogens with two attached hydrogens (primary N) is 1. The van der Waals surface area contributed by atoms with Crippen molar-refractivity contribution in [1.82, 2.24) is 4.90 Å². The second-order valence-corrected chi connectivity index (χ2v) is 3.27. The molecule has 0 aliphatic carbocycles. The summed E-state index contributed by atoms with van der Waals surface area (Å²) in [6.07, 6.45) is 1.40. The van der Waals surface area contributed by atoms with Gasteiger partial charge in [0.15, 0.2) is 0 Å². The summed E-state index contributed by atoms with van der Waals surface area (Å²) in [7, 11) is 0. The average molecular weight is 127 g/mol. The molecule has 3 heteroatoms. The molecule has 0 saturated carbocycles. The van der Waals surface area contributed by atoms with Gasteiger partial charge in [-0.1, -0.05) is 5.28 Å². The van der Waals surface area contributed by atoms with Crippen molar-refractivity contribution in [3.63, 3.8) is 0 Å². The van der Waals surface area contributed by atoms with Crippen molar-refractivity contribution in [2.75, 3.05) is 19.6 Å². The molecule has 0 aromatic heterocycles. The van der Waals surface area contributed by atoms with Gasteiger partial charge in [-0.25, -0.2) is 0 Å². The van der Waals surface area contributed by atoms with Crippen molar-refractivity contribution >= 4 is 15.4 Å². The Morgan fingerprint density at radius 2 is 2.25 bits per heavy atom. The highest BCUT2D eigenvalue weighted by Crippen LogP contribution is 2.04. The molecular formula is C5H12AlN2. The molecule has 2 nitrogen and oxygen atoms in total. The van der Waals surface area contributed by atoms with Gasteiger partial charge >= 0.3 is 15.4 Å². The van der Waals surface area contributed by atoms with E-state index >= 15 is 0 Å². The Bertz CT molecular complexity index is 63.4. The highest BCUT2D eigenvalue weighted by atomic mass is 27.1. The second kappa shape index (κ2) is 3.47. The monoisotopic (exact) mass is 127 g/mol. The van der Waals surface area contributed by atoms with E-state index < -0.39 is 0 Å². The molecule has 1 radical (unpaired) electrons. The topological polar surface area (TPSA) is 29.3 Å². The molecule has 0 unspecified atom stereocenters. The molecule has 0 aromatic carbocycles. The van der Waals surface area contributed by atoms with Gasteiger partial charge in [0.1, 0.15) is 0 Å². The third-order valence-corrected chi connectivity index (χ3v) is 2.15. The van der Waals surface area contributed by atoms with Gasteiger partial charge in [-0.3, -0.25) is 0 Å². The molecule has 0 spiro atoms. The molecule has 1 heterocycles. The van der Waals surface area contributed by atoms with Crippen molar-refractivity contribution in [2.24, 2.45) is 4.72 Å². The van der Waals surface area contributed by atoms with Gasteiger partial charge in [0.25, 0.3) is 0 Å². The Morgan fingerprint density at radius 1 is 1.50 bits per heavy atom. The van der Waals surface area contributed by atoms with Crippen molar-refractivity contribution < 1.29 is 0 Å². The van der Waals surface area contributed by atoms with Crippen LogP contribution < -0.4 is 4.72 Å². The summed E-state index contributed by atoms with van der Waals surface area (Å²) >= 11 is 0.250. The summed E-state index contributed by atoms with van der Waals surface area (Å²) in [4.78, 5) is 2.46. The van der Waals surface area contributed by atoms with Crippen LogP contribution in [0.25, 0.3) is 0 Å². The summed E-state index contributed by atoms with van der Waals surface area (Å²) in [6.45, 7) is 3.89. The maximum absolute atomic E-state index is 5.41. The Kier molecular flexibility index (Phi) is 2.85. The predicted octanol–water partition coefficient (Wildman–Crippen LogP) is -0.312. The predicted molar refractivity (Wildman–Crippen MR) is 35.8 cm³/mol. The normalized spacial score (nSPS) is 20.1. The fraction of sp³-hybridized carbons (Fsp3) is 1.00. The molecule has 8 heavy (non-hydrogen) atoms. The van der Waals surface area contributed by atoms with Crippen molar-refractivity contribution in [1.29, 1.82) is 0 Å². The van der Waals surface area contributed by atoms with Crippen LogP contribution in [0.2, 0.25) is 5.28 Å². The van der Waals surface area contributed by atoms with Gasteiger partial charge in [0, 0.05) is 0 Å². The molecule has 0 atom stereocenters. The van der Waals surface area contributed by atoms with Crippen LogP contribution in [0.3, 0.4) is 0 Å². The fourth-order valence-corrected chi connectivity index (χ4v) is 1.38. The SMILES string of the molecule is [NH2][Al][CH2]CN1CCC1. The van der Waals surface area contributed by atoms with Crippen molar-refractivity contribution in [3.05, 3.63) is 0 Å². The molecule has 45 valence electrons. The van der Waals surface area contributed by atoms with E-state index in [1.165, 1.54) is 31.3 Å². The van der Waals surface area contributed by atoms with Gasteiger partial charge in [0.2, 0.25) is 0 Å². The summed E-state index contributed by atoms with van der Waals surface area (Å²) in [6, 6.07) is 0. The smallest absolute Gasteiger partial charge is 0.318 e. The molecule has 0 amide bonds. The van der Waals surface area contributed by atoms with E-state index in [-0.39, 0.29) is 15.4 Å². The number of nitrogens with zero attached hydrogens (tertiary/aromatic N) is 1. The van der Waals surface area contributed by atoms with Gasteiger partial charge < -0.3 is 9.62 Å². The van der Waals surface area contributed by atoms with E-state index in [4.69, 9.17) is 4.72 Å². The minimum absolute atomic E-state index is 0.250. The average Bonchev–Trinajstić information content (AvgIpc) is 1.63. The standard InChI is InChI=1S/C5H10N.Al.H2N/c1-2-6-4-3-5-6;;/h1-5H2;;1H2/q;+1;-1. The molecule has 0 aromatic rings. The Morgan fingerprint density at radius 3 is 2.62 bits per heavy atom. The first kappa shape index (κ1) is 6.57. The first-order valence-electron chi connectivity index (χ1n) is 3.19. The number of hydrogen-bond acceptors (Lipinski definition) is 2.